The Morgan fingerprint density at radius 2 is 1.96 bits per heavy atom. The summed E-state index contributed by atoms with van der Waals surface area (Å²) in [4.78, 5) is 19.0. The lowest BCUT2D eigenvalue weighted by molar-refractivity contribution is 0.0620. The summed E-state index contributed by atoms with van der Waals surface area (Å²) in [5.74, 6) is 1.58. The van der Waals surface area contributed by atoms with Gasteiger partial charge in [0.05, 0.1) is 5.56 Å². The Morgan fingerprint density at radius 1 is 1.19 bits per heavy atom. The molecule has 0 spiro atoms. The first-order chi connectivity index (χ1) is 12.7. The SMILES string of the molecule is N#Cc1ccc(Oc2ccc(C(=O)NC3CN4CCC3CC4)cc2)nc1. The Kier molecular flexibility index (Phi) is 4.55. The lowest BCUT2D eigenvalue weighted by Gasteiger charge is -2.44. The van der Waals surface area contributed by atoms with E-state index in [4.69, 9.17) is 10.00 Å². The molecule has 1 atom stereocenters. The summed E-state index contributed by atoms with van der Waals surface area (Å²) < 4.78 is 5.64. The Morgan fingerprint density at radius 3 is 2.54 bits per heavy atom. The fourth-order valence-corrected chi connectivity index (χ4v) is 3.68. The van der Waals surface area contributed by atoms with Crippen LogP contribution in [0.2, 0.25) is 0 Å². The third kappa shape index (κ3) is 3.53. The van der Waals surface area contributed by atoms with Crippen LogP contribution in [0.5, 0.6) is 11.6 Å². The van der Waals surface area contributed by atoms with E-state index in [1.165, 1.54) is 19.0 Å². The number of benzene rings is 1. The van der Waals surface area contributed by atoms with Gasteiger partial charge in [0, 0.05) is 30.4 Å². The summed E-state index contributed by atoms with van der Waals surface area (Å²) in [6.07, 6.45) is 3.82. The molecule has 1 aromatic heterocycles. The van der Waals surface area contributed by atoms with Gasteiger partial charge in [-0.2, -0.15) is 5.26 Å². The molecule has 6 nitrogen and oxygen atoms in total. The van der Waals surface area contributed by atoms with Crippen LogP contribution in [-0.4, -0.2) is 41.5 Å². The summed E-state index contributed by atoms with van der Waals surface area (Å²) in [6, 6.07) is 12.6. The summed E-state index contributed by atoms with van der Waals surface area (Å²) in [7, 11) is 0. The second kappa shape index (κ2) is 7.14. The van der Waals surface area contributed by atoms with Gasteiger partial charge in [0.1, 0.15) is 11.8 Å². The summed E-state index contributed by atoms with van der Waals surface area (Å²) in [5.41, 5.74) is 1.11. The molecule has 0 aliphatic carbocycles. The standard InChI is InChI=1S/C20H20N4O2/c21-11-14-1-6-19(22-12-14)26-17-4-2-16(3-5-17)20(25)23-18-13-24-9-7-15(18)8-10-24/h1-6,12,15,18H,7-10,13H2,(H,23,25). The molecule has 3 aliphatic rings. The van der Waals surface area contributed by atoms with Crippen molar-refractivity contribution in [2.45, 2.75) is 18.9 Å². The molecule has 0 saturated carbocycles. The van der Waals surface area contributed by atoms with Crippen LogP contribution in [0.1, 0.15) is 28.8 Å². The minimum Gasteiger partial charge on any atom is -0.439 e. The van der Waals surface area contributed by atoms with Crippen LogP contribution >= 0.6 is 0 Å². The number of piperidine rings is 3. The number of nitriles is 1. The number of rotatable bonds is 4. The van der Waals surface area contributed by atoms with Crippen LogP contribution in [0.15, 0.2) is 42.6 Å². The number of nitrogens with zero attached hydrogens (tertiary/aromatic N) is 3. The lowest BCUT2D eigenvalue weighted by Crippen LogP contribution is -2.57. The molecular weight excluding hydrogens is 328 g/mol. The van der Waals surface area contributed by atoms with Crippen molar-refractivity contribution in [3.8, 4) is 17.7 Å². The van der Waals surface area contributed by atoms with Crippen molar-refractivity contribution in [1.29, 1.82) is 5.26 Å². The van der Waals surface area contributed by atoms with Crippen LogP contribution in [0.25, 0.3) is 0 Å². The molecule has 4 heterocycles. The zero-order valence-electron chi connectivity index (χ0n) is 14.4. The smallest absolute Gasteiger partial charge is 0.251 e. The molecule has 3 aliphatic heterocycles. The number of pyridine rings is 1. The van der Waals surface area contributed by atoms with E-state index >= 15 is 0 Å². The van der Waals surface area contributed by atoms with Gasteiger partial charge < -0.3 is 15.0 Å². The van der Waals surface area contributed by atoms with E-state index in [1.54, 1.807) is 36.4 Å². The second-order valence-corrected chi connectivity index (χ2v) is 6.84. The van der Waals surface area contributed by atoms with E-state index in [9.17, 15) is 4.79 Å². The third-order valence-electron chi connectivity index (χ3n) is 5.18. The molecule has 3 fully saturated rings. The van der Waals surface area contributed by atoms with Gasteiger partial charge in [-0.15, -0.1) is 0 Å². The molecule has 1 N–H and O–H groups in total. The molecule has 1 aromatic carbocycles. The van der Waals surface area contributed by atoms with E-state index < -0.39 is 0 Å². The normalized spacial score (nSPS) is 23.9. The first-order valence-corrected chi connectivity index (χ1v) is 8.88. The van der Waals surface area contributed by atoms with E-state index in [1.807, 2.05) is 6.07 Å². The molecule has 0 radical (unpaired) electrons. The first kappa shape index (κ1) is 16.6. The highest BCUT2D eigenvalue weighted by Gasteiger charge is 2.34. The number of hydrogen-bond acceptors (Lipinski definition) is 5. The van der Waals surface area contributed by atoms with Gasteiger partial charge >= 0.3 is 0 Å². The number of nitrogens with one attached hydrogen (secondary N) is 1. The molecule has 2 aromatic rings. The van der Waals surface area contributed by atoms with Crippen molar-refractivity contribution >= 4 is 5.91 Å². The Labute approximate surface area is 152 Å². The minimum atomic E-state index is -0.0354. The highest BCUT2D eigenvalue weighted by Crippen LogP contribution is 2.28. The van der Waals surface area contributed by atoms with Crippen molar-refractivity contribution in [3.05, 3.63) is 53.7 Å². The van der Waals surface area contributed by atoms with Gasteiger partial charge in [-0.05, 0) is 62.2 Å². The topological polar surface area (TPSA) is 78.2 Å². The van der Waals surface area contributed by atoms with Crippen LogP contribution in [0, 0.1) is 17.2 Å². The summed E-state index contributed by atoms with van der Waals surface area (Å²) in [5, 5.41) is 12.0. The number of carbonyl (C=O) groups excluding carboxylic acids is 1. The molecule has 2 bridgehead atoms. The molecule has 1 amide bonds. The summed E-state index contributed by atoms with van der Waals surface area (Å²) >= 11 is 0. The molecule has 1 unspecified atom stereocenters. The van der Waals surface area contributed by atoms with Crippen molar-refractivity contribution in [3.63, 3.8) is 0 Å². The molecule has 3 saturated heterocycles. The molecule has 132 valence electrons. The number of aromatic nitrogens is 1. The van der Waals surface area contributed by atoms with Crippen molar-refractivity contribution < 1.29 is 9.53 Å². The number of amides is 1. The maximum Gasteiger partial charge on any atom is 0.251 e. The average Bonchev–Trinajstić information content (AvgIpc) is 2.70. The monoisotopic (exact) mass is 348 g/mol. The van der Waals surface area contributed by atoms with E-state index in [2.05, 4.69) is 15.2 Å². The largest absolute Gasteiger partial charge is 0.439 e. The van der Waals surface area contributed by atoms with Crippen molar-refractivity contribution in [2.24, 2.45) is 5.92 Å². The van der Waals surface area contributed by atoms with Gasteiger partial charge in [-0.1, -0.05) is 0 Å². The van der Waals surface area contributed by atoms with E-state index in [0.29, 0.717) is 28.7 Å². The predicted octanol–water partition coefficient (Wildman–Crippen LogP) is 2.57. The fourth-order valence-electron chi connectivity index (χ4n) is 3.68. The van der Waals surface area contributed by atoms with Gasteiger partial charge in [0.25, 0.3) is 5.91 Å². The zero-order valence-corrected chi connectivity index (χ0v) is 14.4. The van der Waals surface area contributed by atoms with Crippen LogP contribution in [0.3, 0.4) is 0 Å². The van der Waals surface area contributed by atoms with Gasteiger partial charge in [0.2, 0.25) is 5.88 Å². The molecule has 26 heavy (non-hydrogen) atoms. The Balaban J connectivity index is 1.37. The summed E-state index contributed by atoms with van der Waals surface area (Å²) in [6.45, 7) is 3.28. The highest BCUT2D eigenvalue weighted by molar-refractivity contribution is 5.94. The molecule has 6 heteroatoms. The molecule has 5 rings (SSSR count). The Bertz CT molecular complexity index is 818. The van der Waals surface area contributed by atoms with Crippen molar-refractivity contribution in [2.75, 3.05) is 19.6 Å². The average molecular weight is 348 g/mol. The second-order valence-electron chi connectivity index (χ2n) is 6.84. The number of fused-ring (bicyclic) bond motifs is 3. The highest BCUT2D eigenvalue weighted by atomic mass is 16.5. The van der Waals surface area contributed by atoms with E-state index in [0.717, 1.165) is 19.6 Å². The first-order valence-electron chi connectivity index (χ1n) is 8.88. The number of ether oxygens (including phenoxy) is 1. The van der Waals surface area contributed by atoms with Gasteiger partial charge in [-0.3, -0.25) is 4.79 Å². The number of carbonyl (C=O) groups is 1. The quantitative estimate of drug-likeness (QED) is 0.919. The lowest BCUT2D eigenvalue weighted by atomic mass is 9.84. The van der Waals surface area contributed by atoms with Gasteiger partial charge in [0.15, 0.2) is 0 Å². The maximum absolute atomic E-state index is 12.5. The van der Waals surface area contributed by atoms with Crippen molar-refractivity contribution in [1.82, 2.24) is 15.2 Å². The third-order valence-corrected chi connectivity index (χ3v) is 5.18. The zero-order chi connectivity index (χ0) is 17.9. The van der Waals surface area contributed by atoms with E-state index in [-0.39, 0.29) is 11.9 Å². The minimum absolute atomic E-state index is 0.0354. The number of hydrogen-bond donors (Lipinski definition) is 1. The predicted molar refractivity (Wildman–Crippen MR) is 95.9 cm³/mol. The van der Waals surface area contributed by atoms with Crippen LogP contribution in [0.4, 0.5) is 0 Å². The van der Waals surface area contributed by atoms with Gasteiger partial charge in [-0.25, -0.2) is 4.98 Å². The Hall–Kier alpha value is -2.91. The fraction of sp³-hybridized carbons (Fsp3) is 0.350. The van der Waals surface area contributed by atoms with Crippen LogP contribution in [-0.2, 0) is 0 Å². The molecular formula is C20H20N4O2. The van der Waals surface area contributed by atoms with Crippen LogP contribution < -0.4 is 10.1 Å². The maximum atomic E-state index is 12.5.